The average Bonchev–Trinajstić information content (AvgIpc) is 2.99. The number of ether oxygens (including phenoxy) is 1. The van der Waals surface area contributed by atoms with Crippen LogP contribution in [0.4, 0.5) is 0 Å². The SMILES string of the molecule is CCc1oc2ccccc2c1CN(C)C(=O)c1ccc(OC(C)C)nc1. The number of benzene rings is 1. The van der Waals surface area contributed by atoms with E-state index >= 15 is 0 Å². The molecule has 2 aromatic heterocycles. The van der Waals surface area contributed by atoms with Gasteiger partial charge in [0, 0.05) is 43.2 Å². The third kappa shape index (κ3) is 3.72. The third-order valence-corrected chi connectivity index (χ3v) is 4.18. The Morgan fingerprint density at radius 1 is 1.23 bits per heavy atom. The second-order valence-electron chi connectivity index (χ2n) is 6.57. The summed E-state index contributed by atoms with van der Waals surface area (Å²) in [6.07, 6.45) is 2.40. The van der Waals surface area contributed by atoms with Crippen LogP contribution in [-0.4, -0.2) is 28.9 Å². The second kappa shape index (κ2) is 7.60. The summed E-state index contributed by atoms with van der Waals surface area (Å²) in [4.78, 5) is 18.7. The molecule has 3 rings (SSSR count). The van der Waals surface area contributed by atoms with Crippen molar-refractivity contribution in [2.75, 3.05) is 7.05 Å². The quantitative estimate of drug-likeness (QED) is 0.658. The molecule has 0 aliphatic heterocycles. The van der Waals surface area contributed by atoms with Crippen LogP contribution in [0.5, 0.6) is 5.88 Å². The van der Waals surface area contributed by atoms with Crippen molar-refractivity contribution in [3.63, 3.8) is 0 Å². The number of furan rings is 1. The predicted molar refractivity (Wildman–Crippen MR) is 101 cm³/mol. The first kappa shape index (κ1) is 18.0. The Labute approximate surface area is 153 Å². The smallest absolute Gasteiger partial charge is 0.255 e. The van der Waals surface area contributed by atoms with Gasteiger partial charge in [0.1, 0.15) is 11.3 Å². The van der Waals surface area contributed by atoms with E-state index in [0.717, 1.165) is 28.7 Å². The molecule has 0 aliphatic rings. The van der Waals surface area contributed by atoms with E-state index in [2.05, 4.69) is 11.9 Å². The molecule has 3 aromatic rings. The maximum Gasteiger partial charge on any atom is 0.255 e. The largest absolute Gasteiger partial charge is 0.475 e. The van der Waals surface area contributed by atoms with E-state index in [1.165, 1.54) is 0 Å². The van der Waals surface area contributed by atoms with Gasteiger partial charge in [-0.15, -0.1) is 0 Å². The van der Waals surface area contributed by atoms with Gasteiger partial charge < -0.3 is 14.1 Å². The molecule has 26 heavy (non-hydrogen) atoms. The average molecular weight is 352 g/mol. The Kier molecular flexibility index (Phi) is 5.26. The van der Waals surface area contributed by atoms with Crippen LogP contribution in [0.2, 0.25) is 0 Å². The minimum atomic E-state index is -0.0825. The highest BCUT2D eigenvalue weighted by atomic mass is 16.5. The van der Waals surface area contributed by atoms with Crippen LogP contribution in [0.1, 0.15) is 42.5 Å². The van der Waals surface area contributed by atoms with Gasteiger partial charge in [-0.05, 0) is 26.0 Å². The monoisotopic (exact) mass is 352 g/mol. The molecule has 1 aromatic carbocycles. The maximum absolute atomic E-state index is 12.8. The first-order chi connectivity index (χ1) is 12.5. The number of pyridine rings is 1. The zero-order valence-corrected chi connectivity index (χ0v) is 15.7. The molecule has 0 bridgehead atoms. The van der Waals surface area contributed by atoms with Crippen molar-refractivity contribution in [1.29, 1.82) is 0 Å². The summed E-state index contributed by atoms with van der Waals surface area (Å²) < 4.78 is 11.4. The summed E-state index contributed by atoms with van der Waals surface area (Å²) in [5.41, 5.74) is 2.46. The number of amides is 1. The Bertz CT molecular complexity index is 897. The lowest BCUT2D eigenvalue weighted by Gasteiger charge is -2.17. The summed E-state index contributed by atoms with van der Waals surface area (Å²) in [6.45, 7) is 6.42. The number of nitrogens with zero attached hydrogens (tertiary/aromatic N) is 2. The fourth-order valence-corrected chi connectivity index (χ4v) is 2.96. The van der Waals surface area contributed by atoms with Crippen LogP contribution in [0.3, 0.4) is 0 Å². The van der Waals surface area contributed by atoms with Crippen LogP contribution >= 0.6 is 0 Å². The van der Waals surface area contributed by atoms with Gasteiger partial charge >= 0.3 is 0 Å². The molecule has 0 aliphatic carbocycles. The molecule has 0 unspecified atom stereocenters. The molecule has 5 heteroatoms. The number of aromatic nitrogens is 1. The zero-order valence-electron chi connectivity index (χ0n) is 15.7. The number of rotatable bonds is 6. The first-order valence-electron chi connectivity index (χ1n) is 8.87. The van der Waals surface area contributed by atoms with Crippen LogP contribution in [-0.2, 0) is 13.0 Å². The Balaban J connectivity index is 1.79. The van der Waals surface area contributed by atoms with E-state index in [9.17, 15) is 4.79 Å². The molecule has 2 heterocycles. The van der Waals surface area contributed by atoms with E-state index < -0.39 is 0 Å². The lowest BCUT2D eigenvalue weighted by atomic mass is 10.1. The van der Waals surface area contributed by atoms with E-state index in [-0.39, 0.29) is 12.0 Å². The van der Waals surface area contributed by atoms with Gasteiger partial charge in [-0.3, -0.25) is 4.79 Å². The Hall–Kier alpha value is -2.82. The van der Waals surface area contributed by atoms with Gasteiger partial charge in [0.05, 0.1) is 11.7 Å². The minimum absolute atomic E-state index is 0.0496. The van der Waals surface area contributed by atoms with Crippen molar-refractivity contribution in [2.45, 2.75) is 39.8 Å². The molecule has 0 saturated heterocycles. The molecule has 0 saturated carbocycles. The van der Waals surface area contributed by atoms with Gasteiger partial charge in [-0.25, -0.2) is 4.98 Å². The van der Waals surface area contributed by atoms with Crippen molar-refractivity contribution in [2.24, 2.45) is 0 Å². The Morgan fingerprint density at radius 2 is 2.00 bits per heavy atom. The molecule has 0 spiro atoms. The first-order valence-corrected chi connectivity index (χ1v) is 8.87. The molecule has 0 atom stereocenters. The van der Waals surface area contributed by atoms with Crippen LogP contribution in [0, 0.1) is 0 Å². The number of hydrogen-bond donors (Lipinski definition) is 0. The van der Waals surface area contributed by atoms with Gasteiger partial charge in [0.2, 0.25) is 5.88 Å². The number of para-hydroxylation sites is 1. The van der Waals surface area contributed by atoms with Gasteiger partial charge in [-0.2, -0.15) is 0 Å². The molecule has 0 N–H and O–H groups in total. The van der Waals surface area contributed by atoms with Crippen molar-refractivity contribution < 1.29 is 13.9 Å². The lowest BCUT2D eigenvalue weighted by molar-refractivity contribution is 0.0784. The molecule has 136 valence electrons. The van der Waals surface area contributed by atoms with E-state index in [4.69, 9.17) is 9.15 Å². The highest BCUT2D eigenvalue weighted by Crippen LogP contribution is 2.27. The molecular formula is C21H24N2O3. The fraction of sp³-hybridized carbons (Fsp3) is 0.333. The number of aryl methyl sites for hydroxylation is 1. The zero-order chi connectivity index (χ0) is 18.7. The number of hydrogen-bond acceptors (Lipinski definition) is 4. The normalized spacial score (nSPS) is 11.1. The molecule has 5 nitrogen and oxygen atoms in total. The van der Waals surface area contributed by atoms with Crippen molar-refractivity contribution in [3.8, 4) is 5.88 Å². The third-order valence-electron chi connectivity index (χ3n) is 4.18. The van der Waals surface area contributed by atoms with Gasteiger partial charge in [0.25, 0.3) is 5.91 Å². The van der Waals surface area contributed by atoms with Crippen LogP contribution < -0.4 is 4.74 Å². The summed E-state index contributed by atoms with van der Waals surface area (Å²) in [5, 5.41) is 1.06. The van der Waals surface area contributed by atoms with Gasteiger partial charge in [-0.1, -0.05) is 25.1 Å². The summed E-state index contributed by atoms with van der Waals surface area (Å²) in [5.74, 6) is 1.36. The fourth-order valence-electron chi connectivity index (χ4n) is 2.96. The van der Waals surface area contributed by atoms with Crippen LogP contribution in [0.15, 0.2) is 47.0 Å². The highest BCUT2D eigenvalue weighted by molar-refractivity contribution is 5.94. The summed E-state index contributed by atoms with van der Waals surface area (Å²) >= 11 is 0. The number of fused-ring (bicyclic) bond motifs is 1. The van der Waals surface area contributed by atoms with Crippen LogP contribution in [0.25, 0.3) is 11.0 Å². The molecule has 0 fully saturated rings. The van der Waals surface area contributed by atoms with Crippen molar-refractivity contribution in [1.82, 2.24) is 9.88 Å². The Morgan fingerprint density at radius 3 is 2.65 bits per heavy atom. The van der Waals surface area contributed by atoms with E-state index in [1.54, 1.807) is 30.3 Å². The minimum Gasteiger partial charge on any atom is -0.475 e. The maximum atomic E-state index is 12.8. The van der Waals surface area contributed by atoms with Gasteiger partial charge in [0.15, 0.2) is 0 Å². The summed E-state index contributed by atoms with van der Waals surface area (Å²) in [7, 11) is 1.79. The second-order valence-corrected chi connectivity index (χ2v) is 6.57. The predicted octanol–water partition coefficient (Wildman–Crippen LogP) is 4.45. The van der Waals surface area contributed by atoms with E-state index in [1.807, 2.05) is 38.1 Å². The number of carbonyl (C=O) groups is 1. The highest BCUT2D eigenvalue weighted by Gasteiger charge is 2.18. The number of carbonyl (C=O) groups excluding carboxylic acids is 1. The summed E-state index contributed by atoms with van der Waals surface area (Å²) in [6, 6.07) is 11.4. The standard InChI is InChI=1S/C21H24N2O3/c1-5-18-17(16-8-6-7-9-19(16)26-18)13-23(4)21(24)15-10-11-20(22-12-15)25-14(2)3/h6-12,14H,5,13H2,1-4H3. The topological polar surface area (TPSA) is 55.6 Å². The lowest BCUT2D eigenvalue weighted by Crippen LogP contribution is -2.26. The van der Waals surface area contributed by atoms with Crippen molar-refractivity contribution in [3.05, 3.63) is 59.5 Å². The molecular weight excluding hydrogens is 328 g/mol. The molecule has 0 radical (unpaired) electrons. The van der Waals surface area contributed by atoms with E-state index in [0.29, 0.717) is 18.0 Å². The molecule has 1 amide bonds. The van der Waals surface area contributed by atoms with Crippen molar-refractivity contribution >= 4 is 16.9 Å².